The van der Waals surface area contributed by atoms with Gasteiger partial charge in [0.05, 0.1) is 6.10 Å². The third kappa shape index (κ3) is 19.1. The molecule has 0 aromatic rings. The number of aliphatic carboxylic acids is 1. The SMILES string of the molecule is C=C/C(F)=C\C=C\C(O)CC[C@@H](C=O)C(C1=CCC(CCCCC(C(=O)O)C(O)O)C=C1)N(C)C(C=C)C/C=C/CCCCCNS(C)(O)O. The third-order valence-corrected chi connectivity index (χ3v) is 9.69. The predicted molar refractivity (Wildman–Crippen MR) is 201 cm³/mol. The number of aliphatic hydroxyl groups is 3. The van der Waals surface area contributed by atoms with Crippen LogP contribution in [0.3, 0.4) is 0 Å². The minimum atomic E-state index is -2.67. The number of aliphatic hydroxyl groups excluding tert-OH is 2. The first-order valence-corrected chi connectivity index (χ1v) is 19.4. The van der Waals surface area contributed by atoms with Crippen molar-refractivity contribution in [1.82, 2.24) is 9.62 Å². The summed E-state index contributed by atoms with van der Waals surface area (Å²) < 4.78 is 34.9. The zero-order valence-corrected chi connectivity index (χ0v) is 30.5. The van der Waals surface area contributed by atoms with Crippen molar-refractivity contribution in [2.24, 2.45) is 17.8 Å². The highest BCUT2D eigenvalue weighted by Crippen LogP contribution is 2.31. The van der Waals surface area contributed by atoms with Crippen LogP contribution in [0.2, 0.25) is 0 Å². The largest absolute Gasteiger partial charge is 0.481 e. The standard InChI is InChI=1S/C38H61FN2O8S/c1-5-32(39)17-15-19-34(43)26-25-31(28-42)36(30-23-21-29(22-24-30)16-12-13-20-35(37(44)45)38(46)47)41(3)33(6-2)18-11-9-7-8-10-14-27-40-50(4,48)49/h5-6,9,11,15,17,19,21,23-24,28-29,31,33-37,40,43-45,48-49H,1-2,7-8,10,12-14,16,18,20,22,25-27H2,3-4H3,(H,46,47)/b11-9+,19-15+,32-17+/t29?,31-,33?,34?,35?,36?/m0/s1. The zero-order chi connectivity index (χ0) is 37.5. The quantitative estimate of drug-likeness (QED) is 0.0149. The van der Waals surface area contributed by atoms with E-state index in [1.807, 2.05) is 19.2 Å². The summed E-state index contributed by atoms with van der Waals surface area (Å²) in [7, 11) is -0.699. The van der Waals surface area contributed by atoms with Gasteiger partial charge in [0.25, 0.3) is 0 Å². The van der Waals surface area contributed by atoms with Crippen LogP contribution in [0.1, 0.15) is 77.0 Å². The Labute approximate surface area is 300 Å². The first-order valence-electron chi connectivity index (χ1n) is 17.5. The number of carbonyl (C=O) groups is 2. The zero-order valence-electron chi connectivity index (χ0n) is 29.7. The molecule has 1 aliphatic rings. The molecule has 1 aliphatic carbocycles. The lowest BCUT2D eigenvalue weighted by atomic mass is 9.82. The predicted octanol–water partition coefficient (Wildman–Crippen LogP) is 6.86. The van der Waals surface area contributed by atoms with E-state index < -0.39 is 46.8 Å². The van der Waals surface area contributed by atoms with Gasteiger partial charge in [-0.25, -0.2) is 9.11 Å². The summed E-state index contributed by atoms with van der Waals surface area (Å²) in [5, 5.41) is 38.3. The highest BCUT2D eigenvalue weighted by atomic mass is 32.3. The molecular formula is C38H61FN2O8S. The van der Waals surface area contributed by atoms with Crippen LogP contribution in [0.15, 0.2) is 85.3 Å². The number of carbonyl (C=O) groups excluding carboxylic acids is 1. The summed E-state index contributed by atoms with van der Waals surface area (Å²) in [4.78, 5) is 26.0. The molecule has 5 unspecified atom stereocenters. The normalized spacial score (nSPS) is 19.0. The molecular weight excluding hydrogens is 663 g/mol. The van der Waals surface area contributed by atoms with Crippen LogP contribution in [0.25, 0.3) is 0 Å². The van der Waals surface area contributed by atoms with Crippen molar-refractivity contribution in [3.8, 4) is 0 Å². The first kappa shape index (κ1) is 45.3. The Morgan fingerprint density at radius 1 is 1.10 bits per heavy atom. The Hall–Kier alpha value is -2.68. The molecule has 0 saturated heterocycles. The molecule has 0 bridgehead atoms. The van der Waals surface area contributed by atoms with Gasteiger partial charge in [-0.3, -0.25) is 18.8 Å². The van der Waals surface area contributed by atoms with Crippen LogP contribution in [-0.2, 0) is 9.59 Å². The van der Waals surface area contributed by atoms with E-state index in [1.165, 1.54) is 24.5 Å². The van der Waals surface area contributed by atoms with Crippen LogP contribution in [0, 0.1) is 17.8 Å². The van der Waals surface area contributed by atoms with E-state index in [-0.39, 0.29) is 24.4 Å². The average molecular weight is 725 g/mol. The van der Waals surface area contributed by atoms with Crippen molar-refractivity contribution in [2.75, 3.05) is 19.8 Å². The molecule has 284 valence electrons. The molecule has 50 heavy (non-hydrogen) atoms. The third-order valence-electron chi connectivity index (χ3n) is 8.94. The molecule has 6 atom stereocenters. The monoisotopic (exact) mass is 724 g/mol. The number of aldehydes is 1. The molecule has 0 fully saturated rings. The highest BCUT2D eigenvalue weighted by molar-refractivity contribution is 8.22. The number of nitrogens with zero attached hydrogens (tertiary/aromatic N) is 1. The fraction of sp³-hybridized carbons (Fsp3) is 0.579. The molecule has 0 amide bonds. The summed E-state index contributed by atoms with van der Waals surface area (Å²) in [6.45, 7) is 7.99. The number of hydrogen-bond acceptors (Lipinski definition) is 9. The molecule has 0 spiro atoms. The molecule has 0 aromatic carbocycles. The topological polar surface area (TPSA) is 171 Å². The second-order valence-electron chi connectivity index (χ2n) is 13.0. The van der Waals surface area contributed by atoms with E-state index in [0.29, 0.717) is 32.2 Å². The van der Waals surface area contributed by atoms with E-state index in [9.17, 15) is 43.5 Å². The Bertz CT molecular complexity index is 1180. The molecule has 7 N–H and O–H groups in total. The van der Waals surface area contributed by atoms with Gasteiger partial charge in [-0.1, -0.05) is 74.4 Å². The molecule has 0 heterocycles. The molecule has 1 rings (SSSR count). The second kappa shape index (κ2) is 25.3. The highest BCUT2D eigenvalue weighted by Gasteiger charge is 2.32. The molecule has 0 saturated carbocycles. The molecule has 12 heteroatoms. The van der Waals surface area contributed by atoms with Crippen molar-refractivity contribution >= 4 is 23.0 Å². The minimum absolute atomic E-state index is 0.0782. The lowest BCUT2D eigenvalue weighted by Gasteiger charge is -2.38. The molecule has 10 nitrogen and oxygen atoms in total. The van der Waals surface area contributed by atoms with Crippen molar-refractivity contribution < 1.29 is 43.5 Å². The van der Waals surface area contributed by atoms with Crippen molar-refractivity contribution in [3.05, 3.63) is 85.3 Å². The van der Waals surface area contributed by atoms with Crippen molar-refractivity contribution in [2.45, 2.75) is 102 Å². The van der Waals surface area contributed by atoms with Gasteiger partial charge in [-0.15, -0.1) is 17.4 Å². The van der Waals surface area contributed by atoms with E-state index in [2.05, 4.69) is 47.1 Å². The number of unbranched alkanes of at least 4 members (excludes halogenated alkanes) is 4. The molecule has 0 aromatic heterocycles. The number of allylic oxidation sites excluding steroid dienone is 7. The number of nitrogens with one attached hydrogen (secondary N) is 1. The van der Waals surface area contributed by atoms with Crippen LogP contribution in [0.4, 0.5) is 4.39 Å². The van der Waals surface area contributed by atoms with Crippen LogP contribution < -0.4 is 4.72 Å². The van der Waals surface area contributed by atoms with Gasteiger partial charge in [-0.05, 0) is 88.5 Å². The number of halogens is 1. The maximum atomic E-state index is 13.4. The van der Waals surface area contributed by atoms with Gasteiger partial charge in [0, 0.05) is 30.8 Å². The minimum Gasteiger partial charge on any atom is -0.481 e. The number of likely N-dealkylation sites (N-methyl/N-ethyl adjacent to an activating group) is 1. The fourth-order valence-electron chi connectivity index (χ4n) is 5.99. The van der Waals surface area contributed by atoms with Crippen molar-refractivity contribution in [3.63, 3.8) is 0 Å². The van der Waals surface area contributed by atoms with E-state index >= 15 is 0 Å². The van der Waals surface area contributed by atoms with Crippen LogP contribution >= 0.6 is 10.8 Å². The lowest BCUT2D eigenvalue weighted by Crippen LogP contribution is -2.45. The second-order valence-corrected chi connectivity index (χ2v) is 14.9. The summed E-state index contributed by atoms with van der Waals surface area (Å²) in [5.74, 6) is -3.16. The summed E-state index contributed by atoms with van der Waals surface area (Å²) >= 11 is 0. The van der Waals surface area contributed by atoms with E-state index in [1.54, 1.807) is 0 Å². The fourth-order valence-corrected chi connectivity index (χ4v) is 6.52. The first-order chi connectivity index (χ1) is 23.7. The summed E-state index contributed by atoms with van der Waals surface area (Å²) in [5.41, 5.74) is 0.990. The Morgan fingerprint density at radius 2 is 1.84 bits per heavy atom. The van der Waals surface area contributed by atoms with Gasteiger partial charge in [0.2, 0.25) is 0 Å². The number of rotatable bonds is 28. The van der Waals surface area contributed by atoms with Gasteiger partial charge >= 0.3 is 5.97 Å². The maximum Gasteiger partial charge on any atom is 0.311 e. The Morgan fingerprint density at radius 3 is 2.42 bits per heavy atom. The van der Waals surface area contributed by atoms with Gasteiger partial charge in [-0.2, -0.15) is 0 Å². The average Bonchev–Trinajstić information content (AvgIpc) is 3.06. The van der Waals surface area contributed by atoms with Crippen molar-refractivity contribution in [1.29, 1.82) is 0 Å². The molecule has 0 aliphatic heterocycles. The van der Waals surface area contributed by atoms with E-state index in [4.69, 9.17) is 0 Å². The van der Waals surface area contributed by atoms with Gasteiger partial charge in [0.1, 0.15) is 18.0 Å². The number of carboxylic acids is 1. The van der Waals surface area contributed by atoms with Crippen LogP contribution in [-0.4, -0.2) is 91.0 Å². The van der Waals surface area contributed by atoms with E-state index in [0.717, 1.165) is 62.9 Å². The Balaban J connectivity index is 2.96. The number of hydrogen-bond donors (Lipinski definition) is 7. The maximum absolute atomic E-state index is 13.4. The van der Waals surface area contributed by atoms with Crippen LogP contribution in [0.5, 0.6) is 0 Å². The van der Waals surface area contributed by atoms with Gasteiger partial charge in [0.15, 0.2) is 6.29 Å². The summed E-state index contributed by atoms with van der Waals surface area (Å²) in [6.07, 6.45) is 25.3. The number of carboxylic acid groups (broad SMARTS) is 1. The molecule has 0 radical (unpaired) electrons. The van der Waals surface area contributed by atoms with Gasteiger partial charge < -0.3 is 25.2 Å². The lowest BCUT2D eigenvalue weighted by molar-refractivity contribution is -0.159. The Kier molecular flexibility index (Phi) is 22.9. The summed E-state index contributed by atoms with van der Waals surface area (Å²) in [6, 6.07) is -0.373. The smallest absolute Gasteiger partial charge is 0.311 e.